The summed E-state index contributed by atoms with van der Waals surface area (Å²) in [5, 5.41) is 0. The van der Waals surface area contributed by atoms with E-state index in [4.69, 9.17) is 10.5 Å². The van der Waals surface area contributed by atoms with E-state index in [1.54, 1.807) is 0 Å². The Kier molecular flexibility index (Phi) is 4.84. The van der Waals surface area contributed by atoms with E-state index in [2.05, 4.69) is 11.8 Å². The van der Waals surface area contributed by atoms with Gasteiger partial charge in [0.05, 0.1) is 6.61 Å². The lowest BCUT2D eigenvalue weighted by Crippen LogP contribution is -2.49. The van der Waals surface area contributed by atoms with Gasteiger partial charge in [0.2, 0.25) is 0 Å². The quantitative estimate of drug-likeness (QED) is 0.782. The second kappa shape index (κ2) is 5.48. The van der Waals surface area contributed by atoms with Crippen molar-refractivity contribution in [3.8, 4) is 0 Å². The third kappa shape index (κ3) is 3.91. The summed E-state index contributed by atoms with van der Waals surface area (Å²) in [6, 6.07) is 0. The molecule has 0 aromatic rings. The zero-order valence-corrected chi connectivity index (χ0v) is 10.4. The number of hydrogen-bond acceptors (Lipinski definition) is 3. The number of likely N-dealkylation sites (tertiary alicyclic amines) is 1. The van der Waals surface area contributed by atoms with Gasteiger partial charge in [0, 0.05) is 18.7 Å². The number of rotatable bonds is 2. The Hall–Kier alpha value is 0.170. The van der Waals surface area contributed by atoms with Gasteiger partial charge in [-0.15, -0.1) is 12.4 Å². The summed E-state index contributed by atoms with van der Waals surface area (Å²) < 4.78 is 5.39. The summed E-state index contributed by atoms with van der Waals surface area (Å²) in [5.41, 5.74) is 6.18. The molecule has 3 nitrogen and oxygen atoms in total. The summed E-state index contributed by atoms with van der Waals surface area (Å²) in [6.07, 6.45) is 3.53. The van der Waals surface area contributed by atoms with Gasteiger partial charge in [0.25, 0.3) is 0 Å². The highest BCUT2D eigenvalue weighted by Crippen LogP contribution is 2.21. The minimum absolute atomic E-state index is 0. The Labute approximate surface area is 98.7 Å². The number of nitrogens with zero attached hydrogens (tertiary/aromatic N) is 1. The lowest BCUT2D eigenvalue weighted by Gasteiger charge is -2.37. The second-order valence-corrected chi connectivity index (χ2v) is 5.18. The molecule has 2 aliphatic heterocycles. The molecular formula is C11H23ClN2O. The van der Waals surface area contributed by atoms with Crippen molar-refractivity contribution < 1.29 is 4.74 Å². The van der Waals surface area contributed by atoms with Crippen LogP contribution in [0.1, 0.15) is 26.2 Å². The summed E-state index contributed by atoms with van der Waals surface area (Å²) in [6.45, 7) is 7.66. The highest BCUT2D eigenvalue weighted by molar-refractivity contribution is 5.85. The Morgan fingerprint density at radius 1 is 1.40 bits per heavy atom. The Morgan fingerprint density at radius 2 is 2.07 bits per heavy atom. The maximum absolute atomic E-state index is 6.10. The third-order valence-corrected chi connectivity index (χ3v) is 3.54. The monoisotopic (exact) mass is 234 g/mol. The van der Waals surface area contributed by atoms with Crippen LogP contribution in [0.2, 0.25) is 0 Å². The van der Waals surface area contributed by atoms with Crippen molar-refractivity contribution in [2.75, 3.05) is 32.8 Å². The number of nitrogens with two attached hydrogens (primary N) is 1. The van der Waals surface area contributed by atoms with E-state index in [9.17, 15) is 0 Å². The van der Waals surface area contributed by atoms with Gasteiger partial charge in [-0.2, -0.15) is 0 Å². The number of ether oxygens (including phenoxy) is 1. The van der Waals surface area contributed by atoms with Crippen LogP contribution in [0.15, 0.2) is 0 Å². The van der Waals surface area contributed by atoms with Gasteiger partial charge >= 0.3 is 0 Å². The normalized spacial score (nSPS) is 31.2. The fourth-order valence-corrected chi connectivity index (χ4v) is 2.34. The van der Waals surface area contributed by atoms with Gasteiger partial charge < -0.3 is 15.4 Å². The SMILES string of the molecule is CC1(N)CCN(CC2CCOC2)CC1.Cl. The van der Waals surface area contributed by atoms with Crippen molar-refractivity contribution in [1.29, 1.82) is 0 Å². The second-order valence-electron chi connectivity index (χ2n) is 5.18. The van der Waals surface area contributed by atoms with Crippen molar-refractivity contribution in [3.63, 3.8) is 0 Å². The fraction of sp³-hybridized carbons (Fsp3) is 1.00. The summed E-state index contributed by atoms with van der Waals surface area (Å²) in [4.78, 5) is 2.55. The Bertz CT molecular complexity index is 183. The van der Waals surface area contributed by atoms with Gasteiger partial charge in [-0.05, 0) is 45.2 Å². The maximum Gasteiger partial charge on any atom is 0.0507 e. The molecule has 2 N–H and O–H groups in total. The summed E-state index contributed by atoms with van der Waals surface area (Å²) in [7, 11) is 0. The zero-order chi connectivity index (χ0) is 10.0. The van der Waals surface area contributed by atoms with Crippen LogP contribution in [-0.4, -0.2) is 43.3 Å². The molecule has 0 saturated carbocycles. The first-order chi connectivity index (χ1) is 6.66. The van der Waals surface area contributed by atoms with Crippen LogP contribution in [0.5, 0.6) is 0 Å². The molecule has 15 heavy (non-hydrogen) atoms. The van der Waals surface area contributed by atoms with Crippen LogP contribution in [0.3, 0.4) is 0 Å². The van der Waals surface area contributed by atoms with Crippen LogP contribution in [0.25, 0.3) is 0 Å². The van der Waals surface area contributed by atoms with Gasteiger partial charge in [0.1, 0.15) is 0 Å². The molecule has 2 saturated heterocycles. The van der Waals surface area contributed by atoms with E-state index in [1.807, 2.05) is 0 Å². The largest absolute Gasteiger partial charge is 0.381 e. The lowest BCUT2D eigenvalue weighted by molar-refractivity contribution is 0.135. The van der Waals surface area contributed by atoms with Crippen molar-refractivity contribution in [2.45, 2.75) is 31.7 Å². The maximum atomic E-state index is 6.10. The highest BCUT2D eigenvalue weighted by Gasteiger charge is 2.27. The molecule has 90 valence electrons. The summed E-state index contributed by atoms with van der Waals surface area (Å²) in [5.74, 6) is 0.775. The van der Waals surface area contributed by atoms with E-state index < -0.39 is 0 Å². The van der Waals surface area contributed by atoms with E-state index in [-0.39, 0.29) is 17.9 Å². The average Bonchev–Trinajstić information content (AvgIpc) is 2.61. The van der Waals surface area contributed by atoms with Crippen LogP contribution in [-0.2, 0) is 4.74 Å². The molecule has 0 spiro atoms. The van der Waals surface area contributed by atoms with Gasteiger partial charge in [0.15, 0.2) is 0 Å². The molecule has 2 rings (SSSR count). The molecule has 0 bridgehead atoms. The van der Waals surface area contributed by atoms with Crippen LogP contribution < -0.4 is 5.73 Å². The first kappa shape index (κ1) is 13.2. The molecule has 2 aliphatic rings. The lowest BCUT2D eigenvalue weighted by atomic mass is 9.90. The van der Waals surface area contributed by atoms with E-state index in [0.717, 1.165) is 32.0 Å². The van der Waals surface area contributed by atoms with E-state index >= 15 is 0 Å². The minimum atomic E-state index is 0. The molecule has 1 atom stereocenters. The van der Waals surface area contributed by atoms with Gasteiger partial charge in [-0.25, -0.2) is 0 Å². The molecule has 4 heteroatoms. The molecule has 0 aromatic heterocycles. The molecule has 1 unspecified atom stereocenters. The molecule has 0 aromatic carbocycles. The first-order valence-electron chi connectivity index (χ1n) is 5.75. The van der Waals surface area contributed by atoms with Crippen LogP contribution in [0.4, 0.5) is 0 Å². The molecule has 2 heterocycles. The molecule has 2 fully saturated rings. The molecular weight excluding hydrogens is 212 g/mol. The topological polar surface area (TPSA) is 38.5 Å². The van der Waals surface area contributed by atoms with Crippen LogP contribution in [0, 0.1) is 5.92 Å². The van der Waals surface area contributed by atoms with Crippen molar-refractivity contribution >= 4 is 12.4 Å². The fourth-order valence-electron chi connectivity index (χ4n) is 2.34. The minimum Gasteiger partial charge on any atom is -0.381 e. The van der Waals surface area contributed by atoms with Crippen molar-refractivity contribution in [1.82, 2.24) is 4.90 Å². The van der Waals surface area contributed by atoms with E-state index in [0.29, 0.717) is 0 Å². The zero-order valence-electron chi connectivity index (χ0n) is 9.58. The predicted molar refractivity (Wildman–Crippen MR) is 64.4 cm³/mol. The van der Waals surface area contributed by atoms with Gasteiger partial charge in [-0.1, -0.05) is 0 Å². The Morgan fingerprint density at radius 3 is 2.60 bits per heavy atom. The summed E-state index contributed by atoms with van der Waals surface area (Å²) >= 11 is 0. The molecule has 0 aliphatic carbocycles. The first-order valence-corrected chi connectivity index (χ1v) is 5.75. The number of halogens is 1. The predicted octanol–water partition coefficient (Wildman–Crippen LogP) is 1.26. The average molecular weight is 235 g/mol. The highest BCUT2D eigenvalue weighted by atomic mass is 35.5. The standard InChI is InChI=1S/C11H22N2O.ClH/c1-11(12)3-5-13(6-4-11)8-10-2-7-14-9-10;/h10H,2-9,12H2,1H3;1H. The van der Waals surface area contributed by atoms with Crippen LogP contribution >= 0.6 is 12.4 Å². The molecule has 0 amide bonds. The van der Waals surface area contributed by atoms with Crippen molar-refractivity contribution in [3.05, 3.63) is 0 Å². The Balaban J connectivity index is 0.00000112. The van der Waals surface area contributed by atoms with Gasteiger partial charge in [-0.3, -0.25) is 0 Å². The van der Waals surface area contributed by atoms with E-state index in [1.165, 1.54) is 26.1 Å². The molecule has 0 radical (unpaired) electrons. The smallest absolute Gasteiger partial charge is 0.0507 e. The number of piperidine rings is 1. The number of hydrogen-bond donors (Lipinski definition) is 1. The third-order valence-electron chi connectivity index (χ3n) is 3.54. The van der Waals surface area contributed by atoms with Crippen molar-refractivity contribution in [2.24, 2.45) is 11.7 Å².